The van der Waals surface area contributed by atoms with E-state index in [-0.39, 0.29) is 11.9 Å². The van der Waals surface area contributed by atoms with E-state index in [0.717, 1.165) is 24.1 Å². The van der Waals surface area contributed by atoms with Gasteiger partial charge in [-0.2, -0.15) is 13.2 Å². The highest BCUT2D eigenvalue weighted by Crippen LogP contribution is 2.45. The molecule has 6 nitrogen and oxygen atoms in total. The van der Waals surface area contributed by atoms with E-state index in [2.05, 4.69) is 15.8 Å². The van der Waals surface area contributed by atoms with Gasteiger partial charge in [-0.05, 0) is 52.3 Å². The Labute approximate surface area is 176 Å². The van der Waals surface area contributed by atoms with Gasteiger partial charge in [0.25, 0.3) is 5.91 Å². The van der Waals surface area contributed by atoms with E-state index in [1.165, 1.54) is 9.78 Å². The summed E-state index contributed by atoms with van der Waals surface area (Å²) in [6.45, 7) is 3.83. The molecular formula is C20H25F3N4O2S. The number of piperidine rings is 1. The maximum absolute atomic E-state index is 12.5. The van der Waals surface area contributed by atoms with Gasteiger partial charge in [-0.25, -0.2) is 0 Å². The molecule has 30 heavy (non-hydrogen) atoms. The standard InChI is InChI=1S/C20H25F3N4O2S/c1-11-7-18(29-26-11)25-19(28)14-9-17(30-12(14)2)15-8-16(15)24-13-3-5-27(6-4-13)10-20(21,22)23/h7,9,13,15-16,24H,3-6,8,10H2,1-2H3,(H,25,28). The Balaban J connectivity index is 1.28. The van der Waals surface area contributed by atoms with Crippen LogP contribution in [0.2, 0.25) is 0 Å². The highest BCUT2D eigenvalue weighted by molar-refractivity contribution is 7.12. The summed E-state index contributed by atoms with van der Waals surface area (Å²) >= 11 is 1.62. The Hall–Kier alpha value is -1.91. The van der Waals surface area contributed by atoms with Crippen molar-refractivity contribution in [2.24, 2.45) is 0 Å². The Morgan fingerprint density at radius 3 is 2.67 bits per heavy atom. The molecule has 3 heterocycles. The second-order valence-corrected chi connectivity index (χ2v) is 9.47. The molecule has 1 amide bonds. The Bertz CT molecular complexity index is 902. The van der Waals surface area contributed by atoms with Gasteiger partial charge in [-0.3, -0.25) is 15.0 Å². The Kier molecular flexibility index (Phi) is 5.91. The number of thiophene rings is 1. The van der Waals surface area contributed by atoms with Gasteiger partial charge in [0, 0.05) is 33.8 Å². The van der Waals surface area contributed by atoms with Gasteiger partial charge < -0.3 is 9.84 Å². The second kappa shape index (κ2) is 8.32. The van der Waals surface area contributed by atoms with Crippen LogP contribution in [-0.2, 0) is 0 Å². The van der Waals surface area contributed by atoms with Crippen LogP contribution in [0.25, 0.3) is 0 Å². The molecular weight excluding hydrogens is 417 g/mol. The average molecular weight is 443 g/mol. The first-order chi connectivity index (χ1) is 14.2. The molecule has 4 rings (SSSR count). The van der Waals surface area contributed by atoms with E-state index < -0.39 is 12.7 Å². The minimum absolute atomic E-state index is 0.214. The van der Waals surface area contributed by atoms with Gasteiger partial charge in [-0.1, -0.05) is 5.16 Å². The maximum atomic E-state index is 12.5. The van der Waals surface area contributed by atoms with Crippen molar-refractivity contribution < 1.29 is 22.5 Å². The van der Waals surface area contributed by atoms with E-state index in [1.54, 1.807) is 24.3 Å². The lowest BCUT2D eigenvalue weighted by molar-refractivity contribution is -0.148. The molecule has 0 aromatic carbocycles. The summed E-state index contributed by atoms with van der Waals surface area (Å²) in [4.78, 5) is 16.1. The van der Waals surface area contributed by atoms with Gasteiger partial charge in [0.2, 0.25) is 5.88 Å². The highest BCUT2D eigenvalue weighted by Gasteiger charge is 2.42. The number of anilines is 1. The minimum atomic E-state index is -4.13. The first-order valence-electron chi connectivity index (χ1n) is 10.1. The van der Waals surface area contributed by atoms with Crippen LogP contribution < -0.4 is 10.6 Å². The second-order valence-electron chi connectivity index (χ2n) is 8.19. The number of likely N-dealkylation sites (tertiary alicyclic amines) is 1. The van der Waals surface area contributed by atoms with Crippen molar-refractivity contribution in [3.8, 4) is 0 Å². The van der Waals surface area contributed by atoms with Crippen LogP contribution in [0.1, 0.15) is 51.0 Å². The highest BCUT2D eigenvalue weighted by atomic mass is 32.1. The molecule has 2 unspecified atom stereocenters. The SMILES string of the molecule is Cc1cc(NC(=O)c2cc(C3CC3NC3CCN(CC(F)(F)F)CC3)sc2C)on1. The van der Waals surface area contributed by atoms with Crippen LogP contribution >= 0.6 is 11.3 Å². The van der Waals surface area contributed by atoms with E-state index >= 15 is 0 Å². The van der Waals surface area contributed by atoms with Crippen molar-refractivity contribution in [3.63, 3.8) is 0 Å². The van der Waals surface area contributed by atoms with Crippen molar-refractivity contribution >= 4 is 23.1 Å². The van der Waals surface area contributed by atoms with Crippen LogP contribution in [0.3, 0.4) is 0 Å². The summed E-state index contributed by atoms with van der Waals surface area (Å²) in [5.74, 6) is 0.469. The zero-order chi connectivity index (χ0) is 21.5. The molecule has 1 saturated heterocycles. The molecule has 164 valence electrons. The predicted molar refractivity (Wildman–Crippen MR) is 108 cm³/mol. The van der Waals surface area contributed by atoms with Gasteiger partial charge >= 0.3 is 6.18 Å². The van der Waals surface area contributed by atoms with Crippen molar-refractivity contribution in [1.29, 1.82) is 0 Å². The molecule has 1 aliphatic heterocycles. The summed E-state index contributed by atoms with van der Waals surface area (Å²) in [7, 11) is 0. The molecule has 2 fully saturated rings. The minimum Gasteiger partial charge on any atom is -0.338 e. The molecule has 2 aromatic rings. The number of aryl methyl sites for hydroxylation is 2. The molecule has 0 radical (unpaired) electrons. The number of nitrogens with one attached hydrogen (secondary N) is 2. The first kappa shape index (κ1) is 21.3. The van der Waals surface area contributed by atoms with Crippen LogP contribution in [0.4, 0.5) is 19.1 Å². The van der Waals surface area contributed by atoms with Crippen LogP contribution in [-0.4, -0.2) is 53.9 Å². The number of nitrogens with zero attached hydrogens (tertiary/aromatic N) is 2. The third kappa shape index (κ3) is 5.22. The number of hydrogen-bond acceptors (Lipinski definition) is 6. The van der Waals surface area contributed by atoms with Gasteiger partial charge in [0.15, 0.2) is 0 Å². The summed E-state index contributed by atoms with van der Waals surface area (Å²) in [5, 5.41) is 10.1. The fourth-order valence-electron chi connectivity index (χ4n) is 4.02. The lowest BCUT2D eigenvalue weighted by Crippen LogP contribution is -2.46. The number of amides is 1. The molecule has 2 aromatic heterocycles. The molecule has 1 saturated carbocycles. The zero-order valence-electron chi connectivity index (χ0n) is 16.9. The van der Waals surface area contributed by atoms with Gasteiger partial charge in [0.05, 0.1) is 17.8 Å². The van der Waals surface area contributed by atoms with Crippen molar-refractivity contribution in [3.05, 3.63) is 33.1 Å². The molecule has 2 atom stereocenters. The number of carbonyl (C=O) groups excluding carboxylic acids is 1. The molecule has 2 N–H and O–H groups in total. The maximum Gasteiger partial charge on any atom is 0.401 e. The monoisotopic (exact) mass is 442 g/mol. The number of aromatic nitrogens is 1. The lowest BCUT2D eigenvalue weighted by atomic mass is 10.0. The van der Waals surface area contributed by atoms with Crippen molar-refractivity contribution in [1.82, 2.24) is 15.4 Å². The van der Waals surface area contributed by atoms with E-state index in [1.807, 2.05) is 13.0 Å². The van der Waals surface area contributed by atoms with Gasteiger partial charge in [0.1, 0.15) is 0 Å². The average Bonchev–Trinajstić information content (AvgIpc) is 3.12. The predicted octanol–water partition coefficient (Wildman–Crippen LogP) is 4.08. The van der Waals surface area contributed by atoms with Crippen LogP contribution in [0.15, 0.2) is 16.7 Å². The zero-order valence-corrected chi connectivity index (χ0v) is 17.7. The first-order valence-corrected chi connectivity index (χ1v) is 10.9. The van der Waals surface area contributed by atoms with E-state index in [0.29, 0.717) is 42.2 Å². The third-order valence-electron chi connectivity index (χ3n) is 5.64. The number of hydrogen-bond donors (Lipinski definition) is 2. The van der Waals surface area contributed by atoms with Gasteiger partial charge in [-0.15, -0.1) is 11.3 Å². The van der Waals surface area contributed by atoms with E-state index in [4.69, 9.17) is 4.52 Å². The molecule has 1 aliphatic carbocycles. The number of halogens is 3. The van der Waals surface area contributed by atoms with Crippen LogP contribution in [0, 0.1) is 13.8 Å². The molecule has 2 aliphatic rings. The molecule has 10 heteroatoms. The smallest absolute Gasteiger partial charge is 0.338 e. The quantitative estimate of drug-likeness (QED) is 0.706. The number of rotatable bonds is 6. The third-order valence-corrected chi connectivity index (χ3v) is 6.82. The number of carbonyl (C=O) groups is 1. The summed E-state index contributed by atoms with van der Waals surface area (Å²) in [6.07, 6.45) is -1.68. The molecule has 0 bridgehead atoms. The summed E-state index contributed by atoms with van der Waals surface area (Å²) in [5.41, 5.74) is 1.33. The Morgan fingerprint density at radius 1 is 1.30 bits per heavy atom. The fraction of sp³-hybridized carbons (Fsp3) is 0.600. The summed E-state index contributed by atoms with van der Waals surface area (Å²) in [6, 6.07) is 4.19. The normalized spacial score (nSPS) is 23.0. The Morgan fingerprint density at radius 2 is 2.03 bits per heavy atom. The lowest BCUT2D eigenvalue weighted by Gasteiger charge is -2.33. The fourth-order valence-corrected chi connectivity index (χ4v) is 5.23. The molecule has 0 spiro atoms. The van der Waals surface area contributed by atoms with Crippen LogP contribution in [0.5, 0.6) is 0 Å². The van der Waals surface area contributed by atoms with E-state index in [9.17, 15) is 18.0 Å². The number of alkyl halides is 3. The summed E-state index contributed by atoms with van der Waals surface area (Å²) < 4.78 is 42.6. The van der Waals surface area contributed by atoms with Crippen molar-refractivity contribution in [2.75, 3.05) is 25.0 Å². The van der Waals surface area contributed by atoms with Crippen molar-refractivity contribution in [2.45, 2.75) is 57.3 Å². The largest absolute Gasteiger partial charge is 0.401 e. The topological polar surface area (TPSA) is 70.4 Å².